The molecule has 9 nitrogen and oxygen atoms in total. The highest BCUT2D eigenvalue weighted by atomic mass is 16.6. The predicted molar refractivity (Wildman–Crippen MR) is 120 cm³/mol. The van der Waals surface area contributed by atoms with E-state index in [0.717, 1.165) is 12.1 Å². The summed E-state index contributed by atoms with van der Waals surface area (Å²) in [5.41, 5.74) is 1.54. The molecule has 0 bridgehead atoms. The molecule has 2 heterocycles. The molecule has 2 aromatic carbocycles. The lowest BCUT2D eigenvalue weighted by molar-refractivity contribution is -0.384. The van der Waals surface area contributed by atoms with Gasteiger partial charge in [-0.15, -0.1) is 0 Å². The molecule has 1 atom stereocenters. The Kier molecular flexibility index (Phi) is 6.36. The van der Waals surface area contributed by atoms with Gasteiger partial charge in [0, 0.05) is 44.0 Å². The number of ether oxygens (including phenoxy) is 1. The monoisotopic (exact) mass is 438 g/mol. The van der Waals surface area contributed by atoms with Crippen molar-refractivity contribution in [2.24, 2.45) is 0 Å². The van der Waals surface area contributed by atoms with Gasteiger partial charge in [-0.3, -0.25) is 24.6 Å². The van der Waals surface area contributed by atoms with E-state index in [2.05, 4.69) is 9.80 Å². The first-order chi connectivity index (χ1) is 15.5. The Balaban J connectivity index is 1.37. The highest BCUT2D eigenvalue weighted by Crippen LogP contribution is 2.29. The number of benzene rings is 2. The summed E-state index contributed by atoms with van der Waals surface area (Å²) < 4.78 is 5.57. The topological polar surface area (TPSA) is 96.2 Å². The fourth-order valence-electron chi connectivity index (χ4n) is 4.16. The minimum absolute atomic E-state index is 0.0625. The van der Waals surface area contributed by atoms with E-state index >= 15 is 0 Å². The van der Waals surface area contributed by atoms with Crippen LogP contribution >= 0.6 is 0 Å². The lowest BCUT2D eigenvalue weighted by Gasteiger charge is -2.38. The fourth-order valence-corrected chi connectivity index (χ4v) is 4.16. The number of imide groups is 1. The molecule has 32 heavy (non-hydrogen) atoms. The third-order valence-electron chi connectivity index (χ3n) is 5.87. The number of nitro groups is 1. The van der Waals surface area contributed by atoms with Gasteiger partial charge in [-0.2, -0.15) is 0 Å². The van der Waals surface area contributed by atoms with Crippen molar-refractivity contribution >= 4 is 28.9 Å². The summed E-state index contributed by atoms with van der Waals surface area (Å²) in [7, 11) is 0. The molecule has 2 amide bonds. The summed E-state index contributed by atoms with van der Waals surface area (Å²) in [6.45, 7) is 5.28. The Hall–Kier alpha value is -3.46. The number of hydrogen-bond acceptors (Lipinski definition) is 7. The standard InChI is InChI=1S/C23H26N4O5/c1-2-15-32-20-9-7-18(8-10-20)26-22(28)16-21(23(26)29)25-13-11-24(12-14-25)17-3-5-19(6-4-17)27(30)31/h3-10,21H,2,11-16H2,1H3/t21-/m1/s1. The highest BCUT2D eigenvalue weighted by Gasteiger charge is 2.43. The number of nitro benzene ring substituents is 1. The van der Waals surface area contributed by atoms with Crippen molar-refractivity contribution in [3.05, 3.63) is 58.6 Å². The molecule has 2 aliphatic rings. The van der Waals surface area contributed by atoms with Gasteiger partial charge in [0.15, 0.2) is 0 Å². The summed E-state index contributed by atoms with van der Waals surface area (Å²) in [6, 6.07) is 13.1. The lowest BCUT2D eigenvalue weighted by atomic mass is 10.1. The summed E-state index contributed by atoms with van der Waals surface area (Å²) in [4.78, 5) is 41.6. The number of amides is 2. The van der Waals surface area contributed by atoms with Crippen LogP contribution in [0.5, 0.6) is 5.75 Å². The number of hydrogen-bond donors (Lipinski definition) is 0. The summed E-state index contributed by atoms with van der Waals surface area (Å²) in [5, 5.41) is 10.8. The van der Waals surface area contributed by atoms with Crippen molar-refractivity contribution < 1.29 is 19.2 Å². The molecule has 2 aliphatic heterocycles. The van der Waals surface area contributed by atoms with Crippen LogP contribution in [-0.4, -0.2) is 60.5 Å². The second-order valence-corrected chi connectivity index (χ2v) is 7.93. The highest BCUT2D eigenvalue weighted by molar-refractivity contribution is 6.22. The number of carbonyl (C=O) groups is 2. The minimum atomic E-state index is -0.461. The molecule has 168 valence electrons. The number of piperazine rings is 1. The van der Waals surface area contributed by atoms with Crippen LogP contribution in [0.1, 0.15) is 19.8 Å². The lowest BCUT2D eigenvalue weighted by Crippen LogP contribution is -2.52. The first-order valence-electron chi connectivity index (χ1n) is 10.8. The van der Waals surface area contributed by atoms with Gasteiger partial charge in [0.05, 0.1) is 29.7 Å². The summed E-state index contributed by atoms with van der Waals surface area (Å²) in [6.07, 6.45) is 1.08. The van der Waals surface area contributed by atoms with E-state index in [9.17, 15) is 19.7 Å². The zero-order chi connectivity index (χ0) is 22.7. The van der Waals surface area contributed by atoms with Crippen LogP contribution in [0.3, 0.4) is 0 Å². The van der Waals surface area contributed by atoms with Gasteiger partial charge >= 0.3 is 0 Å². The maximum Gasteiger partial charge on any atom is 0.269 e. The van der Waals surface area contributed by atoms with Crippen molar-refractivity contribution in [2.45, 2.75) is 25.8 Å². The van der Waals surface area contributed by atoms with Crippen LogP contribution < -0.4 is 14.5 Å². The molecule has 2 saturated heterocycles. The maximum absolute atomic E-state index is 13.1. The molecule has 0 unspecified atom stereocenters. The first-order valence-corrected chi connectivity index (χ1v) is 10.8. The van der Waals surface area contributed by atoms with Crippen LogP contribution in [-0.2, 0) is 9.59 Å². The van der Waals surface area contributed by atoms with Gasteiger partial charge in [-0.05, 0) is 42.8 Å². The number of non-ortho nitro benzene ring substituents is 1. The Morgan fingerprint density at radius 3 is 2.19 bits per heavy atom. The zero-order valence-corrected chi connectivity index (χ0v) is 18.0. The van der Waals surface area contributed by atoms with Crippen molar-refractivity contribution in [1.29, 1.82) is 0 Å². The largest absolute Gasteiger partial charge is 0.494 e. The predicted octanol–water partition coefficient (Wildman–Crippen LogP) is 2.84. The molecule has 0 aliphatic carbocycles. The third kappa shape index (κ3) is 4.43. The van der Waals surface area contributed by atoms with E-state index in [0.29, 0.717) is 44.2 Å². The number of anilines is 2. The Morgan fingerprint density at radius 1 is 0.969 bits per heavy atom. The minimum Gasteiger partial charge on any atom is -0.494 e. The van der Waals surface area contributed by atoms with Crippen molar-refractivity contribution in [1.82, 2.24) is 4.90 Å². The average Bonchev–Trinajstić information content (AvgIpc) is 3.12. The molecule has 4 rings (SSSR count). The van der Waals surface area contributed by atoms with Gasteiger partial charge in [-0.1, -0.05) is 6.92 Å². The second-order valence-electron chi connectivity index (χ2n) is 7.93. The van der Waals surface area contributed by atoms with E-state index in [1.807, 2.05) is 6.92 Å². The normalized spacial score (nSPS) is 19.5. The van der Waals surface area contributed by atoms with Gasteiger partial charge in [0.25, 0.3) is 11.6 Å². The average molecular weight is 438 g/mol. The molecule has 9 heteroatoms. The molecule has 2 aromatic rings. The maximum atomic E-state index is 13.1. The van der Waals surface area contributed by atoms with Crippen LogP contribution in [0.25, 0.3) is 0 Å². The van der Waals surface area contributed by atoms with Gasteiger partial charge < -0.3 is 9.64 Å². The molecule has 0 spiro atoms. The Labute approximate surface area is 186 Å². The Morgan fingerprint density at radius 2 is 1.59 bits per heavy atom. The number of nitrogens with zero attached hydrogens (tertiary/aromatic N) is 4. The number of rotatable bonds is 7. The summed E-state index contributed by atoms with van der Waals surface area (Å²) >= 11 is 0. The first kappa shape index (κ1) is 21.8. The van der Waals surface area contributed by atoms with Crippen molar-refractivity contribution in [2.75, 3.05) is 42.6 Å². The van der Waals surface area contributed by atoms with Crippen LogP contribution in [0.2, 0.25) is 0 Å². The smallest absolute Gasteiger partial charge is 0.269 e. The van der Waals surface area contributed by atoms with Crippen molar-refractivity contribution in [3.8, 4) is 5.75 Å². The summed E-state index contributed by atoms with van der Waals surface area (Å²) in [5.74, 6) is 0.328. The van der Waals surface area contributed by atoms with E-state index in [-0.39, 0.29) is 23.9 Å². The molecule has 0 radical (unpaired) electrons. The molecular weight excluding hydrogens is 412 g/mol. The van der Waals surface area contributed by atoms with Crippen LogP contribution in [0.4, 0.5) is 17.1 Å². The van der Waals surface area contributed by atoms with Crippen molar-refractivity contribution in [3.63, 3.8) is 0 Å². The molecule has 2 fully saturated rings. The zero-order valence-electron chi connectivity index (χ0n) is 18.0. The Bertz CT molecular complexity index is 984. The van der Waals surface area contributed by atoms with E-state index in [1.54, 1.807) is 36.4 Å². The van der Waals surface area contributed by atoms with E-state index in [1.165, 1.54) is 17.0 Å². The molecule has 0 saturated carbocycles. The van der Waals surface area contributed by atoms with Gasteiger partial charge in [-0.25, -0.2) is 4.90 Å². The molecule has 0 aromatic heterocycles. The molecule has 0 N–H and O–H groups in total. The van der Waals surface area contributed by atoms with E-state index < -0.39 is 11.0 Å². The third-order valence-corrected chi connectivity index (χ3v) is 5.87. The molecular formula is C23H26N4O5. The SMILES string of the molecule is CCCOc1ccc(N2C(=O)C[C@@H](N3CCN(c4ccc([N+](=O)[O-])cc4)CC3)C2=O)cc1. The van der Waals surface area contributed by atoms with E-state index in [4.69, 9.17) is 4.74 Å². The fraction of sp³-hybridized carbons (Fsp3) is 0.391. The quantitative estimate of drug-likeness (QED) is 0.373. The van der Waals surface area contributed by atoms with Gasteiger partial charge in [0.2, 0.25) is 5.91 Å². The second kappa shape index (κ2) is 9.35. The van der Waals surface area contributed by atoms with Crippen LogP contribution in [0, 0.1) is 10.1 Å². The van der Waals surface area contributed by atoms with Gasteiger partial charge in [0.1, 0.15) is 5.75 Å². The number of carbonyl (C=O) groups excluding carboxylic acids is 2. The van der Waals surface area contributed by atoms with Crippen LogP contribution in [0.15, 0.2) is 48.5 Å².